The maximum absolute atomic E-state index is 11.8. The predicted molar refractivity (Wildman–Crippen MR) is 72.2 cm³/mol. The lowest BCUT2D eigenvalue weighted by atomic mass is 10.1. The number of rotatable bonds is 5. The number of benzene rings is 1. The molecule has 2 rings (SSSR count). The first-order valence-electron chi connectivity index (χ1n) is 6.29. The van der Waals surface area contributed by atoms with Gasteiger partial charge in [-0.3, -0.25) is 4.79 Å². The van der Waals surface area contributed by atoms with E-state index in [2.05, 4.69) is 5.32 Å². The number of hydrogen-bond donors (Lipinski definition) is 1. The largest absolute Gasteiger partial charge is 0.465 e. The van der Waals surface area contributed by atoms with E-state index < -0.39 is 5.97 Å². The molecule has 1 saturated carbocycles. The zero-order valence-corrected chi connectivity index (χ0v) is 11.2. The van der Waals surface area contributed by atoms with Crippen LogP contribution in [0.4, 0.5) is 5.69 Å². The van der Waals surface area contributed by atoms with Crippen LogP contribution in [0.5, 0.6) is 0 Å². The fourth-order valence-corrected chi connectivity index (χ4v) is 1.89. The van der Waals surface area contributed by atoms with Crippen LogP contribution in [-0.4, -0.2) is 38.6 Å². The monoisotopic (exact) mass is 262 g/mol. The van der Waals surface area contributed by atoms with Gasteiger partial charge in [0.2, 0.25) is 5.91 Å². The Hall–Kier alpha value is -2.04. The topological polar surface area (TPSA) is 58.6 Å². The van der Waals surface area contributed by atoms with E-state index in [4.69, 9.17) is 4.74 Å². The summed E-state index contributed by atoms with van der Waals surface area (Å²) >= 11 is 0. The molecule has 0 heterocycles. The van der Waals surface area contributed by atoms with Gasteiger partial charge in [-0.25, -0.2) is 4.79 Å². The third kappa shape index (κ3) is 3.47. The van der Waals surface area contributed by atoms with Crippen LogP contribution in [0.25, 0.3) is 0 Å². The number of nitrogens with one attached hydrogen (secondary N) is 1. The molecular weight excluding hydrogens is 244 g/mol. The number of amides is 1. The zero-order chi connectivity index (χ0) is 13.8. The van der Waals surface area contributed by atoms with Crippen molar-refractivity contribution >= 4 is 17.6 Å². The van der Waals surface area contributed by atoms with Crippen molar-refractivity contribution in [3.8, 4) is 0 Å². The molecule has 19 heavy (non-hydrogen) atoms. The summed E-state index contributed by atoms with van der Waals surface area (Å²) in [5, 5.41) is 2.92. The van der Waals surface area contributed by atoms with Gasteiger partial charge in [-0.1, -0.05) is 12.1 Å². The maximum atomic E-state index is 11.8. The number of carbonyl (C=O) groups is 2. The zero-order valence-electron chi connectivity index (χ0n) is 11.2. The lowest BCUT2D eigenvalue weighted by molar-refractivity contribution is -0.119. The minimum absolute atomic E-state index is 0.0235. The predicted octanol–water partition coefficient (Wildman–Crippen LogP) is 1.19. The van der Waals surface area contributed by atoms with Crippen LogP contribution in [0.1, 0.15) is 23.2 Å². The highest BCUT2D eigenvalue weighted by atomic mass is 16.5. The summed E-state index contributed by atoms with van der Waals surface area (Å²) in [4.78, 5) is 25.2. The summed E-state index contributed by atoms with van der Waals surface area (Å²) in [6.07, 6.45) is 2.13. The van der Waals surface area contributed by atoms with Gasteiger partial charge in [-0.05, 0) is 25.0 Å². The minimum atomic E-state index is -0.398. The number of methoxy groups -OCH3 is 1. The van der Waals surface area contributed by atoms with Crippen LogP contribution < -0.4 is 10.2 Å². The lowest BCUT2D eigenvalue weighted by Crippen LogP contribution is -2.36. The van der Waals surface area contributed by atoms with E-state index in [1.165, 1.54) is 7.11 Å². The number of hydrogen-bond acceptors (Lipinski definition) is 4. The van der Waals surface area contributed by atoms with Crippen LogP contribution in [0, 0.1) is 0 Å². The summed E-state index contributed by atoms with van der Waals surface area (Å²) < 4.78 is 4.74. The highest BCUT2D eigenvalue weighted by Crippen LogP contribution is 2.21. The molecule has 1 aliphatic carbocycles. The summed E-state index contributed by atoms with van der Waals surface area (Å²) in [7, 11) is 3.13. The first kappa shape index (κ1) is 13.4. The van der Waals surface area contributed by atoms with Crippen molar-refractivity contribution in [2.45, 2.75) is 18.9 Å². The first-order chi connectivity index (χ1) is 9.11. The van der Waals surface area contributed by atoms with E-state index in [0.29, 0.717) is 17.3 Å². The van der Waals surface area contributed by atoms with Gasteiger partial charge in [0, 0.05) is 13.1 Å². The van der Waals surface area contributed by atoms with Gasteiger partial charge in [0.15, 0.2) is 0 Å². The second-order valence-electron chi connectivity index (χ2n) is 4.71. The van der Waals surface area contributed by atoms with E-state index in [1.807, 2.05) is 6.07 Å². The summed E-state index contributed by atoms with van der Waals surface area (Å²) in [5.41, 5.74) is 1.16. The summed E-state index contributed by atoms with van der Waals surface area (Å²) in [6, 6.07) is 7.44. The molecular formula is C14H18N2O3. The Morgan fingerprint density at radius 1 is 1.37 bits per heavy atom. The van der Waals surface area contributed by atoms with Crippen molar-refractivity contribution < 1.29 is 14.3 Å². The van der Waals surface area contributed by atoms with Crippen LogP contribution >= 0.6 is 0 Å². The molecule has 0 spiro atoms. The molecule has 1 fully saturated rings. The smallest absolute Gasteiger partial charge is 0.339 e. The van der Waals surface area contributed by atoms with Gasteiger partial charge >= 0.3 is 5.97 Å². The van der Waals surface area contributed by atoms with Gasteiger partial charge in [0.1, 0.15) is 0 Å². The molecule has 0 bridgehead atoms. The van der Waals surface area contributed by atoms with Crippen molar-refractivity contribution in [3.05, 3.63) is 29.8 Å². The van der Waals surface area contributed by atoms with Crippen LogP contribution in [0.2, 0.25) is 0 Å². The molecule has 1 N–H and O–H groups in total. The molecule has 1 amide bonds. The number of nitrogens with zero attached hydrogens (tertiary/aromatic N) is 1. The Labute approximate surface area is 112 Å². The second-order valence-corrected chi connectivity index (χ2v) is 4.71. The summed E-state index contributed by atoms with van der Waals surface area (Å²) in [6.45, 7) is 0.227. The van der Waals surface area contributed by atoms with Crippen molar-refractivity contribution in [1.29, 1.82) is 0 Å². The van der Waals surface area contributed by atoms with Gasteiger partial charge < -0.3 is 15.0 Å². The van der Waals surface area contributed by atoms with Crippen molar-refractivity contribution in [2.75, 3.05) is 25.6 Å². The number of carbonyl (C=O) groups excluding carboxylic acids is 2. The average molecular weight is 262 g/mol. The Morgan fingerprint density at radius 3 is 2.68 bits per heavy atom. The number of anilines is 1. The number of para-hydroxylation sites is 1. The molecule has 1 aromatic rings. The molecule has 0 unspecified atom stereocenters. The second kappa shape index (κ2) is 5.73. The fourth-order valence-electron chi connectivity index (χ4n) is 1.89. The highest BCUT2D eigenvalue weighted by molar-refractivity contribution is 5.96. The average Bonchev–Trinajstić information content (AvgIpc) is 3.21. The fraction of sp³-hybridized carbons (Fsp3) is 0.429. The van der Waals surface area contributed by atoms with E-state index >= 15 is 0 Å². The molecule has 0 atom stereocenters. The van der Waals surface area contributed by atoms with Crippen LogP contribution in [0.3, 0.4) is 0 Å². The molecule has 0 aliphatic heterocycles. The van der Waals surface area contributed by atoms with E-state index in [9.17, 15) is 9.59 Å². The molecule has 102 valence electrons. The molecule has 0 aromatic heterocycles. The molecule has 1 aromatic carbocycles. The van der Waals surface area contributed by atoms with Crippen molar-refractivity contribution in [2.24, 2.45) is 0 Å². The van der Waals surface area contributed by atoms with Crippen LogP contribution in [-0.2, 0) is 9.53 Å². The minimum Gasteiger partial charge on any atom is -0.465 e. The normalized spacial score (nSPS) is 13.8. The maximum Gasteiger partial charge on any atom is 0.339 e. The third-order valence-electron chi connectivity index (χ3n) is 3.04. The Morgan fingerprint density at radius 2 is 2.05 bits per heavy atom. The Balaban J connectivity index is 2.06. The Bertz CT molecular complexity index is 483. The van der Waals surface area contributed by atoms with Gasteiger partial charge in [-0.2, -0.15) is 0 Å². The molecule has 1 aliphatic rings. The van der Waals surface area contributed by atoms with Gasteiger partial charge in [0.25, 0.3) is 0 Å². The van der Waals surface area contributed by atoms with Crippen molar-refractivity contribution in [1.82, 2.24) is 5.32 Å². The van der Waals surface area contributed by atoms with E-state index in [1.54, 1.807) is 30.1 Å². The lowest BCUT2D eigenvalue weighted by Gasteiger charge is -2.21. The quantitative estimate of drug-likeness (QED) is 0.810. The SMILES string of the molecule is COC(=O)c1ccccc1N(C)CC(=O)NC1CC1. The number of esters is 1. The number of ether oxygens (including phenoxy) is 1. The number of likely N-dealkylation sites (N-methyl/N-ethyl adjacent to an activating group) is 1. The molecule has 5 heteroatoms. The van der Waals surface area contributed by atoms with Gasteiger partial charge in [0.05, 0.1) is 24.9 Å². The molecule has 5 nitrogen and oxygen atoms in total. The van der Waals surface area contributed by atoms with E-state index in [-0.39, 0.29) is 12.5 Å². The summed E-state index contributed by atoms with van der Waals surface area (Å²) in [5.74, 6) is -0.422. The third-order valence-corrected chi connectivity index (χ3v) is 3.04. The Kier molecular flexibility index (Phi) is 4.04. The van der Waals surface area contributed by atoms with Gasteiger partial charge in [-0.15, -0.1) is 0 Å². The first-order valence-corrected chi connectivity index (χ1v) is 6.29. The standard InChI is InChI=1S/C14H18N2O3/c1-16(9-13(17)15-10-7-8-10)12-6-4-3-5-11(12)14(18)19-2/h3-6,10H,7-9H2,1-2H3,(H,15,17). The molecule has 0 radical (unpaired) electrons. The van der Waals surface area contributed by atoms with Crippen molar-refractivity contribution in [3.63, 3.8) is 0 Å². The van der Waals surface area contributed by atoms with E-state index in [0.717, 1.165) is 12.8 Å². The van der Waals surface area contributed by atoms with Crippen LogP contribution in [0.15, 0.2) is 24.3 Å². The highest BCUT2D eigenvalue weighted by Gasteiger charge is 2.24. The molecule has 0 saturated heterocycles.